The second kappa shape index (κ2) is 7.34. The summed E-state index contributed by atoms with van der Waals surface area (Å²) in [6.07, 6.45) is 5.22. The Morgan fingerprint density at radius 1 is 1.29 bits per heavy atom. The molecular weight excluding hydrogens is 210 g/mol. The molecule has 0 heterocycles. The molecule has 1 aliphatic rings. The summed E-state index contributed by atoms with van der Waals surface area (Å²) in [7, 11) is 0. The first-order valence-electron chi connectivity index (χ1n) is 7.39. The SMILES string of the molecule is CCC1CCCC1(CN)NCCN(CC)CC. The number of nitrogens with one attached hydrogen (secondary N) is 1. The van der Waals surface area contributed by atoms with Crippen LogP contribution in [0.3, 0.4) is 0 Å². The zero-order valence-corrected chi connectivity index (χ0v) is 12.0. The van der Waals surface area contributed by atoms with Gasteiger partial charge in [0.2, 0.25) is 0 Å². The van der Waals surface area contributed by atoms with Gasteiger partial charge in [-0.05, 0) is 31.8 Å². The van der Waals surface area contributed by atoms with Gasteiger partial charge in [0.15, 0.2) is 0 Å². The number of likely N-dealkylation sites (N-methyl/N-ethyl adjacent to an activating group) is 1. The van der Waals surface area contributed by atoms with Gasteiger partial charge < -0.3 is 16.0 Å². The molecule has 17 heavy (non-hydrogen) atoms. The highest BCUT2D eigenvalue weighted by Crippen LogP contribution is 2.36. The van der Waals surface area contributed by atoms with Crippen molar-refractivity contribution < 1.29 is 0 Å². The van der Waals surface area contributed by atoms with Gasteiger partial charge in [-0.3, -0.25) is 0 Å². The molecule has 0 radical (unpaired) electrons. The minimum atomic E-state index is 0.238. The minimum Gasteiger partial charge on any atom is -0.329 e. The van der Waals surface area contributed by atoms with E-state index in [-0.39, 0.29) is 5.54 Å². The molecule has 0 aromatic rings. The Balaban J connectivity index is 2.41. The van der Waals surface area contributed by atoms with Crippen LogP contribution < -0.4 is 11.1 Å². The second-order valence-electron chi connectivity index (χ2n) is 5.31. The van der Waals surface area contributed by atoms with Crippen molar-refractivity contribution in [2.45, 2.75) is 52.0 Å². The Morgan fingerprint density at radius 2 is 2.00 bits per heavy atom. The number of hydrogen-bond acceptors (Lipinski definition) is 3. The Bertz CT molecular complexity index is 204. The number of nitrogens with zero attached hydrogens (tertiary/aromatic N) is 1. The van der Waals surface area contributed by atoms with Crippen LogP contribution in [0.2, 0.25) is 0 Å². The molecule has 0 saturated heterocycles. The van der Waals surface area contributed by atoms with Gasteiger partial charge in [-0.25, -0.2) is 0 Å². The van der Waals surface area contributed by atoms with E-state index in [1.54, 1.807) is 0 Å². The maximum atomic E-state index is 6.04. The standard InChI is InChI=1S/C14H31N3/c1-4-13-8-7-9-14(13,12-15)16-10-11-17(5-2)6-3/h13,16H,4-12,15H2,1-3H3. The summed E-state index contributed by atoms with van der Waals surface area (Å²) < 4.78 is 0. The molecule has 0 spiro atoms. The minimum absolute atomic E-state index is 0.238. The fourth-order valence-corrected chi connectivity index (χ4v) is 3.32. The highest BCUT2D eigenvalue weighted by atomic mass is 15.1. The molecule has 1 fully saturated rings. The highest BCUT2D eigenvalue weighted by Gasteiger charge is 2.39. The monoisotopic (exact) mass is 241 g/mol. The first kappa shape index (κ1) is 14.9. The largest absolute Gasteiger partial charge is 0.329 e. The predicted octanol–water partition coefficient (Wildman–Crippen LogP) is 1.83. The lowest BCUT2D eigenvalue weighted by molar-refractivity contribution is 0.222. The number of nitrogens with two attached hydrogens (primary N) is 1. The number of rotatable bonds is 8. The van der Waals surface area contributed by atoms with Crippen molar-refractivity contribution in [2.75, 3.05) is 32.7 Å². The molecule has 1 aliphatic carbocycles. The maximum Gasteiger partial charge on any atom is 0.0332 e. The normalized spacial score (nSPS) is 29.1. The van der Waals surface area contributed by atoms with Gasteiger partial charge in [0.05, 0.1) is 0 Å². The van der Waals surface area contributed by atoms with Crippen LogP contribution >= 0.6 is 0 Å². The van der Waals surface area contributed by atoms with E-state index < -0.39 is 0 Å². The molecule has 2 unspecified atom stereocenters. The van der Waals surface area contributed by atoms with Gasteiger partial charge in [0, 0.05) is 25.2 Å². The van der Waals surface area contributed by atoms with Crippen LogP contribution in [0.15, 0.2) is 0 Å². The fraction of sp³-hybridized carbons (Fsp3) is 1.00. The highest BCUT2D eigenvalue weighted by molar-refractivity contribution is 4.99. The molecule has 102 valence electrons. The van der Waals surface area contributed by atoms with E-state index in [0.717, 1.165) is 38.6 Å². The summed E-state index contributed by atoms with van der Waals surface area (Å²) >= 11 is 0. The van der Waals surface area contributed by atoms with Crippen molar-refractivity contribution in [1.82, 2.24) is 10.2 Å². The molecule has 3 heteroatoms. The van der Waals surface area contributed by atoms with Crippen molar-refractivity contribution >= 4 is 0 Å². The van der Waals surface area contributed by atoms with Crippen LogP contribution in [0.1, 0.15) is 46.5 Å². The quantitative estimate of drug-likeness (QED) is 0.681. The lowest BCUT2D eigenvalue weighted by Crippen LogP contribution is -2.55. The van der Waals surface area contributed by atoms with E-state index in [9.17, 15) is 0 Å². The fourth-order valence-electron chi connectivity index (χ4n) is 3.32. The third-order valence-electron chi connectivity index (χ3n) is 4.61. The van der Waals surface area contributed by atoms with Crippen molar-refractivity contribution in [1.29, 1.82) is 0 Å². The van der Waals surface area contributed by atoms with Crippen molar-refractivity contribution in [3.63, 3.8) is 0 Å². The summed E-state index contributed by atoms with van der Waals surface area (Å²) in [5.41, 5.74) is 6.28. The Kier molecular flexibility index (Phi) is 6.45. The summed E-state index contributed by atoms with van der Waals surface area (Å²) in [6.45, 7) is 12.1. The Labute approximate surface area is 107 Å². The average molecular weight is 241 g/mol. The lowest BCUT2D eigenvalue weighted by atomic mass is 9.85. The van der Waals surface area contributed by atoms with Crippen LogP contribution in [-0.4, -0.2) is 43.2 Å². The average Bonchev–Trinajstić information content (AvgIpc) is 2.78. The first-order chi connectivity index (χ1) is 8.22. The topological polar surface area (TPSA) is 41.3 Å². The van der Waals surface area contributed by atoms with Crippen LogP contribution in [0.25, 0.3) is 0 Å². The smallest absolute Gasteiger partial charge is 0.0332 e. The summed E-state index contributed by atoms with van der Waals surface area (Å²) in [4.78, 5) is 2.47. The van der Waals surface area contributed by atoms with Crippen LogP contribution in [0, 0.1) is 5.92 Å². The van der Waals surface area contributed by atoms with Crippen molar-refractivity contribution in [2.24, 2.45) is 11.7 Å². The summed E-state index contributed by atoms with van der Waals surface area (Å²) in [5, 5.41) is 3.78. The second-order valence-corrected chi connectivity index (χ2v) is 5.31. The molecule has 0 amide bonds. The maximum absolute atomic E-state index is 6.04. The van der Waals surface area contributed by atoms with Gasteiger partial charge in [-0.2, -0.15) is 0 Å². The van der Waals surface area contributed by atoms with Gasteiger partial charge in [-0.1, -0.05) is 33.6 Å². The van der Waals surface area contributed by atoms with Crippen molar-refractivity contribution in [3.05, 3.63) is 0 Å². The van der Waals surface area contributed by atoms with Gasteiger partial charge >= 0.3 is 0 Å². The van der Waals surface area contributed by atoms with Crippen molar-refractivity contribution in [3.8, 4) is 0 Å². The summed E-state index contributed by atoms with van der Waals surface area (Å²) in [5.74, 6) is 0.782. The van der Waals surface area contributed by atoms with E-state index in [1.807, 2.05) is 0 Å². The Morgan fingerprint density at radius 3 is 2.53 bits per heavy atom. The van der Waals surface area contributed by atoms with E-state index >= 15 is 0 Å². The molecule has 0 aromatic carbocycles. The lowest BCUT2D eigenvalue weighted by Gasteiger charge is -2.36. The molecule has 1 rings (SSSR count). The molecular formula is C14H31N3. The molecule has 0 aliphatic heterocycles. The first-order valence-corrected chi connectivity index (χ1v) is 7.39. The molecule has 0 bridgehead atoms. The van der Waals surface area contributed by atoms with Crippen LogP contribution in [-0.2, 0) is 0 Å². The zero-order chi connectivity index (χ0) is 12.7. The molecule has 3 N–H and O–H groups in total. The van der Waals surface area contributed by atoms with E-state index in [4.69, 9.17) is 5.73 Å². The van der Waals surface area contributed by atoms with Crippen LogP contribution in [0.4, 0.5) is 0 Å². The van der Waals surface area contributed by atoms with E-state index in [1.165, 1.54) is 25.7 Å². The van der Waals surface area contributed by atoms with E-state index in [2.05, 4.69) is 31.0 Å². The predicted molar refractivity (Wildman–Crippen MR) is 75.2 cm³/mol. The van der Waals surface area contributed by atoms with E-state index in [0.29, 0.717) is 0 Å². The third kappa shape index (κ3) is 3.67. The molecule has 0 aromatic heterocycles. The summed E-state index contributed by atoms with van der Waals surface area (Å²) in [6, 6.07) is 0. The van der Waals surface area contributed by atoms with Crippen LogP contribution in [0.5, 0.6) is 0 Å². The van der Waals surface area contributed by atoms with Gasteiger partial charge in [-0.15, -0.1) is 0 Å². The molecule has 1 saturated carbocycles. The molecule has 3 nitrogen and oxygen atoms in total. The molecule has 2 atom stereocenters. The third-order valence-corrected chi connectivity index (χ3v) is 4.61. The Hall–Kier alpha value is -0.120. The van der Waals surface area contributed by atoms with Gasteiger partial charge in [0.25, 0.3) is 0 Å². The number of hydrogen-bond donors (Lipinski definition) is 2. The van der Waals surface area contributed by atoms with Gasteiger partial charge in [0.1, 0.15) is 0 Å². The zero-order valence-electron chi connectivity index (χ0n) is 12.0.